The van der Waals surface area contributed by atoms with Gasteiger partial charge in [0.2, 0.25) is 0 Å². The Morgan fingerprint density at radius 1 is 1.13 bits per heavy atom. The first kappa shape index (κ1) is 18.8. The van der Waals surface area contributed by atoms with E-state index >= 15 is 0 Å². The first-order chi connectivity index (χ1) is 10.6. The van der Waals surface area contributed by atoms with Crippen LogP contribution in [-0.2, 0) is 15.1 Å². The van der Waals surface area contributed by atoms with Crippen LogP contribution in [0, 0.1) is 0 Å². The van der Waals surface area contributed by atoms with Crippen molar-refractivity contribution in [3.63, 3.8) is 0 Å². The zero-order valence-electron chi connectivity index (χ0n) is 14.8. The zero-order chi connectivity index (χ0) is 17.8. The van der Waals surface area contributed by atoms with Gasteiger partial charge >= 0.3 is 6.09 Å². The number of hydrogen-bond donors (Lipinski definition) is 0. The van der Waals surface area contributed by atoms with Crippen molar-refractivity contribution in [3.8, 4) is 11.5 Å². The molecule has 0 aliphatic rings. The van der Waals surface area contributed by atoms with Crippen LogP contribution in [0.1, 0.15) is 33.3 Å². The number of carbonyl (C=O) groups is 2. The monoisotopic (exact) mass is 323 g/mol. The van der Waals surface area contributed by atoms with Crippen LogP contribution in [-0.4, -0.2) is 44.1 Å². The SMILES string of the molecule is COc1cccc(C(C)(C=O)N(C)C(=O)OC(C)(C)C)c1OC. The van der Waals surface area contributed by atoms with Crippen molar-refractivity contribution in [2.75, 3.05) is 21.3 Å². The molecule has 1 amide bonds. The largest absolute Gasteiger partial charge is 0.493 e. The predicted molar refractivity (Wildman–Crippen MR) is 87.0 cm³/mol. The number of rotatable bonds is 5. The van der Waals surface area contributed by atoms with Crippen molar-refractivity contribution in [2.45, 2.75) is 38.8 Å². The molecule has 1 atom stereocenters. The average molecular weight is 323 g/mol. The number of hydrogen-bond acceptors (Lipinski definition) is 5. The Kier molecular flexibility index (Phi) is 5.64. The minimum atomic E-state index is -1.26. The number of amides is 1. The molecular weight excluding hydrogens is 298 g/mol. The minimum Gasteiger partial charge on any atom is -0.493 e. The van der Waals surface area contributed by atoms with E-state index in [1.165, 1.54) is 26.2 Å². The van der Waals surface area contributed by atoms with Gasteiger partial charge in [-0.1, -0.05) is 12.1 Å². The summed E-state index contributed by atoms with van der Waals surface area (Å²) >= 11 is 0. The van der Waals surface area contributed by atoms with E-state index in [9.17, 15) is 9.59 Å². The summed E-state index contributed by atoms with van der Waals surface area (Å²) in [6, 6.07) is 5.18. The molecule has 0 saturated carbocycles. The van der Waals surface area contributed by atoms with Gasteiger partial charge in [0, 0.05) is 12.6 Å². The number of nitrogens with zero attached hydrogens (tertiary/aromatic N) is 1. The molecule has 0 fully saturated rings. The van der Waals surface area contributed by atoms with Crippen LogP contribution in [0.15, 0.2) is 18.2 Å². The van der Waals surface area contributed by atoms with Gasteiger partial charge in [0.15, 0.2) is 11.5 Å². The molecule has 1 unspecified atom stereocenters. The highest BCUT2D eigenvalue weighted by atomic mass is 16.6. The number of ether oxygens (including phenoxy) is 3. The molecule has 0 N–H and O–H groups in total. The Balaban J connectivity index is 3.35. The molecule has 1 aromatic carbocycles. The maximum Gasteiger partial charge on any atom is 0.411 e. The van der Waals surface area contributed by atoms with Gasteiger partial charge in [-0.25, -0.2) is 4.79 Å². The Hall–Kier alpha value is -2.24. The summed E-state index contributed by atoms with van der Waals surface area (Å²) in [4.78, 5) is 25.5. The van der Waals surface area contributed by atoms with Crippen LogP contribution < -0.4 is 9.47 Å². The van der Waals surface area contributed by atoms with Gasteiger partial charge in [-0.2, -0.15) is 0 Å². The second-order valence-corrected chi connectivity index (χ2v) is 6.35. The molecule has 23 heavy (non-hydrogen) atoms. The van der Waals surface area contributed by atoms with E-state index in [1.54, 1.807) is 45.9 Å². The second-order valence-electron chi connectivity index (χ2n) is 6.35. The maximum absolute atomic E-state index is 12.4. The van der Waals surface area contributed by atoms with Gasteiger partial charge in [0.1, 0.15) is 17.4 Å². The Bertz CT molecular complexity index is 579. The highest BCUT2D eigenvalue weighted by Crippen LogP contribution is 2.39. The molecule has 0 aliphatic heterocycles. The zero-order valence-corrected chi connectivity index (χ0v) is 14.8. The standard InChI is InChI=1S/C17H25NO5/c1-16(2,3)23-15(20)18(5)17(4,11-19)12-9-8-10-13(21-6)14(12)22-7/h8-11H,1-7H3. The summed E-state index contributed by atoms with van der Waals surface area (Å²) in [6.45, 7) is 6.93. The van der Waals surface area contributed by atoms with Gasteiger partial charge in [-0.15, -0.1) is 0 Å². The minimum absolute atomic E-state index is 0.403. The molecule has 0 aliphatic carbocycles. The summed E-state index contributed by atoms with van der Waals surface area (Å²) in [6.07, 6.45) is 0.0887. The first-order valence-electron chi connectivity index (χ1n) is 7.25. The van der Waals surface area contributed by atoms with Crippen LogP contribution in [0.3, 0.4) is 0 Å². The van der Waals surface area contributed by atoms with Crippen molar-refractivity contribution >= 4 is 12.4 Å². The number of methoxy groups -OCH3 is 2. The lowest BCUT2D eigenvalue weighted by Gasteiger charge is -2.36. The molecule has 6 nitrogen and oxygen atoms in total. The molecule has 0 bridgehead atoms. The first-order valence-corrected chi connectivity index (χ1v) is 7.25. The maximum atomic E-state index is 12.4. The fourth-order valence-corrected chi connectivity index (χ4v) is 2.13. The molecule has 1 aromatic rings. The molecule has 0 aromatic heterocycles. The van der Waals surface area contributed by atoms with E-state index in [2.05, 4.69) is 0 Å². The number of likely N-dealkylation sites (N-methyl/N-ethyl adjacent to an activating group) is 1. The molecule has 0 saturated heterocycles. The van der Waals surface area contributed by atoms with E-state index in [0.29, 0.717) is 23.3 Å². The van der Waals surface area contributed by atoms with Crippen LogP contribution in [0.5, 0.6) is 11.5 Å². The third-order valence-corrected chi connectivity index (χ3v) is 3.54. The van der Waals surface area contributed by atoms with Gasteiger partial charge < -0.3 is 19.0 Å². The molecule has 0 radical (unpaired) electrons. The summed E-state index contributed by atoms with van der Waals surface area (Å²) < 4.78 is 16.0. The highest BCUT2D eigenvalue weighted by Gasteiger charge is 2.39. The Labute approximate surface area is 137 Å². The van der Waals surface area contributed by atoms with Crippen molar-refractivity contribution in [3.05, 3.63) is 23.8 Å². The van der Waals surface area contributed by atoms with E-state index in [-0.39, 0.29) is 0 Å². The van der Waals surface area contributed by atoms with Gasteiger partial charge in [-0.05, 0) is 33.8 Å². The van der Waals surface area contributed by atoms with Crippen LogP contribution >= 0.6 is 0 Å². The lowest BCUT2D eigenvalue weighted by molar-refractivity contribution is -0.117. The van der Waals surface area contributed by atoms with Crippen LogP contribution in [0.4, 0.5) is 4.79 Å². The van der Waals surface area contributed by atoms with Gasteiger partial charge in [0.05, 0.1) is 14.2 Å². The fourth-order valence-electron chi connectivity index (χ4n) is 2.13. The third kappa shape index (κ3) is 3.94. The number of benzene rings is 1. The van der Waals surface area contributed by atoms with Gasteiger partial charge in [-0.3, -0.25) is 4.90 Å². The quantitative estimate of drug-likeness (QED) is 0.779. The average Bonchev–Trinajstić information content (AvgIpc) is 2.50. The van der Waals surface area contributed by atoms with E-state index in [0.717, 1.165) is 0 Å². The highest BCUT2D eigenvalue weighted by molar-refractivity contribution is 5.79. The molecule has 0 spiro atoms. The molecule has 128 valence electrons. The van der Waals surface area contributed by atoms with E-state index in [1.807, 2.05) is 0 Å². The fraction of sp³-hybridized carbons (Fsp3) is 0.529. The molecule has 0 heterocycles. The Morgan fingerprint density at radius 2 is 1.74 bits per heavy atom. The molecular formula is C17H25NO5. The lowest BCUT2D eigenvalue weighted by Crippen LogP contribution is -2.48. The second kappa shape index (κ2) is 6.89. The van der Waals surface area contributed by atoms with Crippen molar-refractivity contribution < 1.29 is 23.8 Å². The smallest absolute Gasteiger partial charge is 0.411 e. The van der Waals surface area contributed by atoms with Crippen molar-refractivity contribution in [1.29, 1.82) is 0 Å². The van der Waals surface area contributed by atoms with Crippen LogP contribution in [0.25, 0.3) is 0 Å². The predicted octanol–water partition coefficient (Wildman–Crippen LogP) is 2.98. The molecule has 1 rings (SSSR count). The summed E-state index contributed by atoms with van der Waals surface area (Å²) in [5, 5.41) is 0. The third-order valence-electron chi connectivity index (χ3n) is 3.54. The van der Waals surface area contributed by atoms with Crippen LogP contribution in [0.2, 0.25) is 0 Å². The molecule has 6 heteroatoms. The van der Waals surface area contributed by atoms with E-state index < -0.39 is 17.2 Å². The number of aldehydes is 1. The number of para-hydroxylation sites is 1. The van der Waals surface area contributed by atoms with Crippen molar-refractivity contribution in [2.24, 2.45) is 0 Å². The topological polar surface area (TPSA) is 65.1 Å². The normalized spacial score (nSPS) is 13.7. The number of carbonyl (C=O) groups excluding carboxylic acids is 2. The summed E-state index contributed by atoms with van der Waals surface area (Å²) in [5.41, 5.74) is -1.40. The Morgan fingerprint density at radius 3 is 2.17 bits per heavy atom. The summed E-state index contributed by atoms with van der Waals surface area (Å²) in [5.74, 6) is 0.885. The van der Waals surface area contributed by atoms with Crippen molar-refractivity contribution in [1.82, 2.24) is 4.90 Å². The lowest BCUT2D eigenvalue weighted by atomic mass is 9.91. The van der Waals surface area contributed by atoms with E-state index in [4.69, 9.17) is 14.2 Å². The summed E-state index contributed by atoms with van der Waals surface area (Å²) in [7, 11) is 4.51. The van der Waals surface area contributed by atoms with Gasteiger partial charge in [0.25, 0.3) is 0 Å².